The summed E-state index contributed by atoms with van der Waals surface area (Å²) in [6.07, 6.45) is 3.20. The van der Waals surface area contributed by atoms with Crippen LogP contribution in [0.4, 0.5) is 5.69 Å². The average molecular weight is 549 g/mol. The summed E-state index contributed by atoms with van der Waals surface area (Å²) in [5, 5.41) is 7.43. The fourth-order valence-corrected chi connectivity index (χ4v) is 7.36. The van der Waals surface area contributed by atoms with Crippen molar-refractivity contribution in [3.05, 3.63) is 71.8 Å². The Morgan fingerprint density at radius 3 is 2.46 bits per heavy atom. The molecule has 3 N–H and O–H groups in total. The number of fused-ring (bicyclic) bond motifs is 1. The predicted octanol–water partition coefficient (Wildman–Crippen LogP) is 4.06. The third-order valence-electron chi connectivity index (χ3n) is 8.05. The van der Waals surface area contributed by atoms with Crippen LogP contribution in [0.25, 0.3) is 10.8 Å². The Bertz CT molecular complexity index is 1480. The number of carbonyl (C=O) groups is 2. The van der Waals surface area contributed by atoms with Crippen molar-refractivity contribution in [3.8, 4) is 0 Å². The van der Waals surface area contributed by atoms with Gasteiger partial charge in [-0.05, 0) is 62.4 Å². The maximum absolute atomic E-state index is 13.7. The topological polar surface area (TPSA) is 108 Å². The van der Waals surface area contributed by atoms with E-state index >= 15 is 0 Å². The van der Waals surface area contributed by atoms with E-state index in [0.717, 1.165) is 31.4 Å². The van der Waals surface area contributed by atoms with E-state index < -0.39 is 10.0 Å². The molecule has 2 fully saturated rings. The van der Waals surface area contributed by atoms with E-state index in [0.29, 0.717) is 41.5 Å². The molecule has 2 amide bonds. The van der Waals surface area contributed by atoms with Crippen molar-refractivity contribution in [3.63, 3.8) is 0 Å². The molecule has 3 aromatic rings. The van der Waals surface area contributed by atoms with Crippen molar-refractivity contribution in [1.82, 2.24) is 14.9 Å². The second-order valence-electron chi connectivity index (χ2n) is 10.5. The van der Waals surface area contributed by atoms with Crippen molar-refractivity contribution in [1.29, 1.82) is 0 Å². The molecule has 2 aliphatic heterocycles. The highest BCUT2D eigenvalue weighted by Gasteiger charge is 2.36. The average Bonchev–Trinajstić information content (AvgIpc) is 3.48. The van der Waals surface area contributed by atoms with Crippen LogP contribution in [0.2, 0.25) is 0 Å². The summed E-state index contributed by atoms with van der Waals surface area (Å²) in [4.78, 5) is 28.0. The Morgan fingerprint density at radius 1 is 1.00 bits per heavy atom. The highest BCUT2D eigenvalue weighted by atomic mass is 32.2. The molecule has 0 spiro atoms. The van der Waals surface area contributed by atoms with Crippen molar-refractivity contribution in [2.75, 3.05) is 25.0 Å². The van der Waals surface area contributed by atoms with Gasteiger partial charge < -0.3 is 15.5 Å². The van der Waals surface area contributed by atoms with Gasteiger partial charge >= 0.3 is 0 Å². The second kappa shape index (κ2) is 11.5. The van der Waals surface area contributed by atoms with Gasteiger partial charge in [0.15, 0.2) is 0 Å². The van der Waals surface area contributed by atoms with Crippen molar-refractivity contribution in [2.45, 2.75) is 56.5 Å². The number of nitrogens with zero attached hydrogens (tertiary/aromatic N) is 1. The molecule has 3 aromatic carbocycles. The quantitative estimate of drug-likeness (QED) is 0.413. The minimum atomic E-state index is -3.87. The van der Waals surface area contributed by atoms with E-state index in [1.54, 1.807) is 30.3 Å². The minimum Gasteiger partial charge on any atom is -0.341 e. The van der Waals surface area contributed by atoms with Crippen LogP contribution in [-0.2, 0) is 14.8 Å². The van der Waals surface area contributed by atoms with Gasteiger partial charge in [-0.15, -0.1) is 0 Å². The third kappa shape index (κ3) is 5.71. The number of piperidine rings is 1. The molecule has 2 saturated heterocycles. The molecular weight excluding hydrogens is 512 g/mol. The van der Waals surface area contributed by atoms with Gasteiger partial charge in [0.1, 0.15) is 0 Å². The standard InChI is InChI=1S/C30H36N4O4S/c1-3-21-19-34(30(36)27-13-8-17-31-27)18-16-25(21)33-39(37,38)28-15-14-26(23-11-6-7-12-24(23)28)32-29(35)22-10-5-4-9-20(22)2/h4-7,9-12,14-15,21,25,27,31,33H,3,8,13,16-19H2,1-2H3,(H,32,35)/t21-,25+,27+/m1/s1. The first-order valence-corrected chi connectivity index (χ1v) is 15.2. The Morgan fingerprint density at radius 2 is 1.74 bits per heavy atom. The monoisotopic (exact) mass is 548 g/mol. The zero-order chi connectivity index (χ0) is 27.6. The summed E-state index contributed by atoms with van der Waals surface area (Å²) in [7, 11) is -3.87. The minimum absolute atomic E-state index is 0.0258. The number of anilines is 1. The smallest absolute Gasteiger partial charge is 0.255 e. The number of carbonyl (C=O) groups excluding carboxylic acids is 2. The fourth-order valence-electron chi connectivity index (χ4n) is 5.81. The van der Waals surface area contributed by atoms with E-state index in [-0.39, 0.29) is 34.7 Å². The number of amides is 2. The lowest BCUT2D eigenvalue weighted by atomic mass is 9.90. The van der Waals surface area contributed by atoms with Crippen LogP contribution >= 0.6 is 0 Å². The summed E-state index contributed by atoms with van der Waals surface area (Å²) in [5.41, 5.74) is 1.98. The van der Waals surface area contributed by atoms with Gasteiger partial charge in [-0.3, -0.25) is 9.59 Å². The van der Waals surface area contributed by atoms with E-state index in [4.69, 9.17) is 0 Å². The molecule has 2 heterocycles. The van der Waals surface area contributed by atoms with E-state index in [2.05, 4.69) is 15.4 Å². The molecule has 9 heteroatoms. The third-order valence-corrected chi connectivity index (χ3v) is 9.59. The maximum Gasteiger partial charge on any atom is 0.255 e. The first kappa shape index (κ1) is 27.3. The van der Waals surface area contributed by atoms with Crippen LogP contribution < -0.4 is 15.4 Å². The summed E-state index contributed by atoms with van der Waals surface area (Å²) in [5.74, 6) is -0.0914. The highest BCUT2D eigenvalue weighted by molar-refractivity contribution is 7.89. The molecule has 0 radical (unpaired) electrons. The van der Waals surface area contributed by atoms with Gasteiger partial charge in [0.05, 0.1) is 10.9 Å². The predicted molar refractivity (Wildman–Crippen MR) is 153 cm³/mol. The summed E-state index contributed by atoms with van der Waals surface area (Å²) >= 11 is 0. The van der Waals surface area contributed by atoms with Crippen molar-refractivity contribution < 1.29 is 18.0 Å². The molecule has 206 valence electrons. The molecule has 0 saturated carbocycles. The second-order valence-corrected chi connectivity index (χ2v) is 12.2. The van der Waals surface area contributed by atoms with E-state index in [1.807, 2.05) is 49.1 Å². The first-order valence-electron chi connectivity index (χ1n) is 13.7. The zero-order valence-electron chi connectivity index (χ0n) is 22.4. The summed E-state index contributed by atoms with van der Waals surface area (Å²) < 4.78 is 30.4. The lowest BCUT2D eigenvalue weighted by Gasteiger charge is -2.39. The Kier molecular flexibility index (Phi) is 8.02. The molecular formula is C30H36N4O4S. The number of sulfonamides is 1. The molecule has 2 aliphatic rings. The van der Waals surface area contributed by atoms with Crippen LogP contribution in [0, 0.1) is 12.8 Å². The fraction of sp³-hybridized carbons (Fsp3) is 0.400. The molecule has 0 unspecified atom stereocenters. The first-order chi connectivity index (χ1) is 18.8. The number of hydrogen-bond donors (Lipinski definition) is 3. The molecule has 3 atom stereocenters. The van der Waals surface area contributed by atoms with Crippen molar-refractivity contribution >= 4 is 38.3 Å². The Balaban J connectivity index is 1.36. The molecule has 39 heavy (non-hydrogen) atoms. The van der Waals surface area contributed by atoms with Crippen LogP contribution in [0.3, 0.4) is 0 Å². The van der Waals surface area contributed by atoms with Crippen molar-refractivity contribution in [2.24, 2.45) is 5.92 Å². The van der Waals surface area contributed by atoms with Gasteiger partial charge in [-0.2, -0.15) is 0 Å². The number of benzene rings is 3. The van der Waals surface area contributed by atoms with Crippen LogP contribution in [-0.4, -0.2) is 56.9 Å². The molecule has 0 aromatic heterocycles. The SMILES string of the molecule is CC[C@@H]1CN(C(=O)[C@@H]2CCCN2)CC[C@@H]1NS(=O)(=O)c1ccc(NC(=O)c2ccccc2C)c2ccccc12. The normalized spacial score (nSPS) is 21.7. The molecule has 0 bridgehead atoms. The van der Waals surface area contributed by atoms with Crippen LogP contribution in [0.5, 0.6) is 0 Å². The van der Waals surface area contributed by atoms with Crippen LogP contribution in [0.1, 0.15) is 48.5 Å². The van der Waals surface area contributed by atoms with Gasteiger partial charge in [-0.25, -0.2) is 13.1 Å². The summed E-state index contributed by atoms with van der Waals surface area (Å²) in [6.45, 7) is 5.86. The Labute approximate surface area is 230 Å². The van der Waals surface area contributed by atoms with Gasteiger partial charge in [-0.1, -0.05) is 55.8 Å². The highest BCUT2D eigenvalue weighted by Crippen LogP contribution is 2.31. The molecule has 5 rings (SSSR count). The maximum atomic E-state index is 13.7. The van der Waals surface area contributed by atoms with Gasteiger partial charge in [0, 0.05) is 41.2 Å². The van der Waals surface area contributed by atoms with Crippen LogP contribution in [0.15, 0.2) is 65.6 Å². The number of aryl methyl sites for hydroxylation is 1. The number of nitrogens with one attached hydrogen (secondary N) is 3. The number of likely N-dealkylation sites (tertiary alicyclic amines) is 1. The number of hydrogen-bond acceptors (Lipinski definition) is 5. The Hall–Kier alpha value is -3.27. The molecule has 0 aliphatic carbocycles. The largest absolute Gasteiger partial charge is 0.341 e. The lowest BCUT2D eigenvalue weighted by molar-refractivity contribution is -0.135. The number of rotatable bonds is 7. The zero-order valence-corrected chi connectivity index (χ0v) is 23.3. The van der Waals surface area contributed by atoms with Gasteiger partial charge in [0.2, 0.25) is 15.9 Å². The van der Waals surface area contributed by atoms with E-state index in [9.17, 15) is 18.0 Å². The summed E-state index contributed by atoms with van der Waals surface area (Å²) in [6, 6.07) is 17.4. The van der Waals surface area contributed by atoms with E-state index in [1.165, 1.54) is 0 Å². The molecule has 8 nitrogen and oxygen atoms in total. The van der Waals surface area contributed by atoms with Gasteiger partial charge in [0.25, 0.3) is 5.91 Å². The lowest BCUT2D eigenvalue weighted by Crippen LogP contribution is -2.55.